The van der Waals surface area contributed by atoms with Gasteiger partial charge in [0.25, 0.3) is 0 Å². The molecule has 2 N–H and O–H groups in total. The second kappa shape index (κ2) is 6.15. The van der Waals surface area contributed by atoms with E-state index in [1.165, 1.54) is 27.7 Å². The first-order valence-electron chi connectivity index (χ1n) is 7.58. The second-order valence-corrected chi connectivity index (χ2v) is 5.56. The van der Waals surface area contributed by atoms with E-state index in [1.54, 1.807) is 0 Å². The van der Waals surface area contributed by atoms with E-state index in [0.29, 0.717) is 5.92 Å². The molecule has 0 saturated heterocycles. The van der Waals surface area contributed by atoms with Crippen LogP contribution < -0.4 is 5.32 Å². The fourth-order valence-electron chi connectivity index (χ4n) is 3.10. The molecular formula is C19H22N2. The summed E-state index contributed by atoms with van der Waals surface area (Å²) >= 11 is 0. The Morgan fingerprint density at radius 1 is 1.00 bits per heavy atom. The summed E-state index contributed by atoms with van der Waals surface area (Å²) in [7, 11) is 2.01. The number of hydrogen-bond acceptors (Lipinski definition) is 1. The summed E-state index contributed by atoms with van der Waals surface area (Å²) in [5.41, 5.74) is 5.33. The Balaban J connectivity index is 2.08. The van der Waals surface area contributed by atoms with E-state index >= 15 is 0 Å². The molecule has 21 heavy (non-hydrogen) atoms. The Morgan fingerprint density at radius 3 is 2.43 bits per heavy atom. The maximum atomic E-state index is 3.64. The number of fused-ring (bicyclic) bond motifs is 1. The fourth-order valence-corrected chi connectivity index (χ4v) is 3.10. The summed E-state index contributed by atoms with van der Waals surface area (Å²) in [4.78, 5) is 3.64. The van der Waals surface area contributed by atoms with Crippen molar-refractivity contribution in [2.45, 2.75) is 19.3 Å². The van der Waals surface area contributed by atoms with Crippen LogP contribution >= 0.6 is 0 Å². The Hall–Kier alpha value is -2.06. The van der Waals surface area contributed by atoms with Gasteiger partial charge in [0.05, 0.1) is 0 Å². The molecule has 0 aliphatic heterocycles. The Kier molecular flexibility index (Phi) is 4.07. The Labute approximate surface area is 126 Å². The predicted octanol–water partition coefficient (Wildman–Crippen LogP) is 4.22. The summed E-state index contributed by atoms with van der Waals surface area (Å²) in [5.74, 6) is 0.408. The van der Waals surface area contributed by atoms with Gasteiger partial charge in [-0.05, 0) is 44.1 Å². The second-order valence-electron chi connectivity index (χ2n) is 5.56. The number of benzene rings is 2. The number of aromatic nitrogens is 1. The topological polar surface area (TPSA) is 27.8 Å². The van der Waals surface area contributed by atoms with Crippen molar-refractivity contribution in [1.82, 2.24) is 10.3 Å². The lowest BCUT2D eigenvalue weighted by Gasteiger charge is -2.17. The number of H-pyrrole nitrogens is 1. The van der Waals surface area contributed by atoms with E-state index < -0.39 is 0 Å². The Bertz CT molecular complexity index is 713. The molecular weight excluding hydrogens is 256 g/mol. The van der Waals surface area contributed by atoms with Crippen molar-refractivity contribution >= 4 is 10.9 Å². The molecule has 3 rings (SSSR count). The van der Waals surface area contributed by atoms with Gasteiger partial charge in [0.2, 0.25) is 0 Å². The third kappa shape index (κ3) is 2.72. The molecule has 2 nitrogen and oxygen atoms in total. The monoisotopic (exact) mass is 278 g/mol. The lowest BCUT2D eigenvalue weighted by atomic mass is 9.90. The van der Waals surface area contributed by atoms with Crippen LogP contribution in [0.2, 0.25) is 0 Å². The smallest absolute Gasteiger partial charge is 0.0459 e. The van der Waals surface area contributed by atoms with E-state index in [2.05, 4.69) is 71.8 Å². The highest BCUT2D eigenvalue weighted by Crippen LogP contribution is 2.33. The number of para-hydroxylation sites is 1. The quantitative estimate of drug-likeness (QED) is 0.718. The van der Waals surface area contributed by atoms with Gasteiger partial charge < -0.3 is 10.3 Å². The third-order valence-electron chi connectivity index (χ3n) is 4.24. The van der Waals surface area contributed by atoms with E-state index in [4.69, 9.17) is 0 Å². The third-order valence-corrected chi connectivity index (χ3v) is 4.24. The predicted molar refractivity (Wildman–Crippen MR) is 89.9 cm³/mol. The van der Waals surface area contributed by atoms with E-state index in [9.17, 15) is 0 Å². The van der Waals surface area contributed by atoms with Crippen LogP contribution in [0.1, 0.15) is 29.2 Å². The van der Waals surface area contributed by atoms with Crippen molar-refractivity contribution < 1.29 is 0 Å². The van der Waals surface area contributed by atoms with Gasteiger partial charge in [0, 0.05) is 22.5 Å². The standard InChI is InChI=1S/C19H22N2/c1-14-16-10-6-7-11-18(16)21-19(14)17(12-13-20-2)15-8-4-3-5-9-15/h3-11,17,20-21H,12-13H2,1-2H3. The van der Waals surface area contributed by atoms with Crippen molar-refractivity contribution in [2.75, 3.05) is 13.6 Å². The number of aromatic amines is 1. The summed E-state index contributed by atoms with van der Waals surface area (Å²) in [6.45, 7) is 3.23. The molecule has 2 aromatic carbocycles. The molecule has 0 bridgehead atoms. The van der Waals surface area contributed by atoms with Gasteiger partial charge >= 0.3 is 0 Å². The van der Waals surface area contributed by atoms with Crippen LogP contribution in [0, 0.1) is 6.92 Å². The minimum absolute atomic E-state index is 0.408. The SMILES string of the molecule is CNCCC(c1ccccc1)c1[nH]c2ccccc2c1C. The number of rotatable bonds is 5. The molecule has 3 aromatic rings. The highest BCUT2D eigenvalue weighted by Gasteiger charge is 2.19. The molecule has 0 saturated carbocycles. The van der Waals surface area contributed by atoms with Crippen LogP contribution in [-0.4, -0.2) is 18.6 Å². The average molecular weight is 278 g/mol. The zero-order valence-electron chi connectivity index (χ0n) is 12.7. The first-order valence-corrected chi connectivity index (χ1v) is 7.58. The highest BCUT2D eigenvalue weighted by atomic mass is 14.8. The highest BCUT2D eigenvalue weighted by molar-refractivity contribution is 5.84. The lowest BCUT2D eigenvalue weighted by Crippen LogP contribution is -2.14. The van der Waals surface area contributed by atoms with Crippen LogP contribution in [0.3, 0.4) is 0 Å². The summed E-state index contributed by atoms with van der Waals surface area (Å²) in [5, 5.41) is 4.61. The maximum absolute atomic E-state index is 3.64. The van der Waals surface area contributed by atoms with Crippen LogP contribution in [0.15, 0.2) is 54.6 Å². The van der Waals surface area contributed by atoms with Gasteiger partial charge in [-0.2, -0.15) is 0 Å². The molecule has 1 aromatic heterocycles. The number of hydrogen-bond donors (Lipinski definition) is 2. The van der Waals surface area contributed by atoms with Crippen LogP contribution in [0.25, 0.3) is 10.9 Å². The molecule has 1 unspecified atom stereocenters. The van der Waals surface area contributed by atoms with Gasteiger partial charge in [-0.15, -0.1) is 0 Å². The van der Waals surface area contributed by atoms with Crippen molar-refractivity contribution in [3.63, 3.8) is 0 Å². The molecule has 0 aliphatic carbocycles. The van der Waals surface area contributed by atoms with E-state index in [1.807, 2.05) is 7.05 Å². The minimum Gasteiger partial charge on any atom is -0.358 e. The van der Waals surface area contributed by atoms with Crippen molar-refractivity contribution in [3.8, 4) is 0 Å². The molecule has 0 fully saturated rings. The Morgan fingerprint density at radius 2 is 1.71 bits per heavy atom. The van der Waals surface area contributed by atoms with E-state index in [0.717, 1.165) is 13.0 Å². The number of aryl methyl sites for hydroxylation is 1. The summed E-state index contributed by atoms with van der Waals surface area (Å²) < 4.78 is 0. The number of nitrogens with one attached hydrogen (secondary N) is 2. The molecule has 2 heteroatoms. The first kappa shape index (κ1) is 13.9. The molecule has 108 valence electrons. The molecule has 0 spiro atoms. The van der Waals surface area contributed by atoms with Crippen LogP contribution in [-0.2, 0) is 0 Å². The van der Waals surface area contributed by atoms with Gasteiger partial charge in [0.1, 0.15) is 0 Å². The largest absolute Gasteiger partial charge is 0.358 e. The molecule has 1 heterocycles. The van der Waals surface area contributed by atoms with E-state index in [-0.39, 0.29) is 0 Å². The van der Waals surface area contributed by atoms with Crippen LogP contribution in [0.4, 0.5) is 0 Å². The average Bonchev–Trinajstić information content (AvgIpc) is 2.86. The van der Waals surface area contributed by atoms with Crippen molar-refractivity contribution in [1.29, 1.82) is 0 Å². The van der Waals surface area contributed by atoms with Gasteiger partial charge in [0.15, 0.2) is 0 Å². The molecule has 0 aliphatic rings. The zero-order chi connectivity index (χ0) is 14.7. The molecule has 0 amide bonds. The summed E-state index contributed by atoms with van der Waals surface area (Å²) in [6, 6.07) is 19.3. The normalized spacial score (nSPS) is 12.7. The van der Waals surface area contributed by atoms with Crippen molar-refractivity contribution in [3.05, 3.63) is 71.4 Å². The van der Waals surface area contributed by atoms with Gasteiger partial charge in [-0.25, -0.2) is 0 Å². The zero-order valence-corrected chi connectivity index (χ0v) is 12.7. The molecule has 1 atom stereocenters. The van der Waals surface area contributed by atoms with Gasteiger partial charge in [-0.1, -0.05) is 48.5 Å². The summed E-state index contributed by atoms with van der Waals surface area (Å²) in [6.07, 6.45) is 1.09. The van der Waals surface area contributed by atoms with Crippen molar-refractivity contribution in [2.24, 2.45) is 0 Å². The minimum atomic E-state index is 0.408. The first-order chi connectivity index (χ1) is 10.3. The van der Waals surface area contributed by atoms with Crippen LogP contribution in [0.5, 0.6) is 0 Å². The molecule has 0 radical (unpaired) electrons. The lowest BCUT2D eigenvalue weighted by molar-refractivity contribution is 0.650. The maximum Gasteiger partial charge on any atom is 0.0459 e. The van der Waals surface area contributed by atoms with Gasteiger partial charge in [-0.3, -0.25) is 0 Å². The fraction of sp³-hybridized carbons (Fsp3) is 0.263.